The first-order valence-electron chi connectivity index (χ1n) is 14.0. The molecule has 48 heavy (non-hydrogen) atoms. The standard InChI is InChI=1S/C27H36N12O6S3/c1-16-10-4-7-13-19(16)31-25(46(28,40)41)37-22-34-23(38-26(47(29,42)43)32-20-14-8-5-11-17(20)2)36-24(35-22)39-27(48(30,44)45)33-21-15-9-6-12-18(21)3/h4-15,25-27,31-33H,1-3H3,(H2,28,40,41)(H2,29,42,43)(H2,30,44,45)(H3,34,35,36,37,38,39). The van der Waals surface area contributed by atoms with Crippen LogP contribution in [0.1, 0.15) is 16.7 Å². The Morgan fingerprint density at radius 2 is 0.667 bits per heavy atom. The predicted molar refractivity (Wildman–Crippen MR) is 186 cm³/mol. The first kappa shape index (κ1) is 36.0. The van der Waals surface area contributed by atoms with E-state index in [9.17, 15) is 25.3 Å². The van der Waals surface area contributed by atoms with Gasteiger partial charge in [0.2, 0.25) is 64.4 Å². The molecule has 21 heteroatoms. The third-order valence-electron chi connectivity index (χ3n) is 6.70. The first-order valence-corrected chi connectivity index (χ1v) is 18.8. The Kier molecular flexibility index (Phi) is 10.9. The zero-order valence-corrected chi connectivity index (χ0v) is 28.4. The van der Waals surface area contributed by atoms with Crippen LogP contribution in [-0.4, -0.2) is 56.7 Å². The van der Waals surface area contributed by atoms with Gasteiger partial charge in [-0.1, -0.05) is 54.6 Å². The molecule has 258 valence electrons. The molecule has 0 radical (unpaired) electrons. The van der Waals surface area contributed by atoms with Gasteiger partial charge in [-0.25, -0.2) is 40.7 Å². The highest BCUT2D eigenvalue weighted by atomic mass is 32.2. The highest BCUT2D eigenvalue weighted by molar-refractivity contribution is 7.90. The molecule has 3 aromatic carbocycles. The fourth-order valence-corrected chi connectivity index (χ4v) is 5.83. The van der Waals surface area contributed by atoms with Crippen molar-refractivity contribution in [3.63, 3.8) is 0 Å². The molecule has 4 aromatic rings. The number of rotatable bonds is 15. The number of aromatic nitrogens is 3. The van der Waals surface area contributed by atoms with Crippen molar-refractivity contribution in [2.75, 3.05) is 31.9 Å². The van der Waals surface area contributed by atoms with Gasteiger partial charge in [-0.15, -0.1) is 0 Å². The van der Waals surface area contributed by atoms with Crippen molar-refractivity contribution in [1.29, 1.82) is 0 Å². The van der Waals surface area contributed by atoms with Gasteiger partial charge in [-0.05, 0) is 55.7 Å². The minimum absolute atomic E-state index is 0.406. The van der Waals surface area contributed by atoms with Crippen molar-refractivity contribution >= 4 is 65.0 Å². The first-order chi connectivity index (χ1) is 22.4. The average Bonchev–Trinajstić information content (AvgIpc) is 2.98. The van der Waals surface area contributed by atoms with E-state index in [1.807, 2.05) is 0 Å². The molecule has 12 N–H and O–H groups in total. The highest BCUT2D eigenvalue weighted by Gasteiger charge is 2.28. The van der Waals surface area contributed by atoms with Crippen molar-refractivity contribution in [1.82, 2.24) is 15.0 Å². The Morgan fingerprint density at radius 1 is 0.438 bits per heavy atom. The Morgan fingerprint density at radius 3 is 0.875 bits per heavy atom. The summed E-state index contributed by atoms with van der Waals surface area (Å²) in [6, 6.07) is 20.3. The number of nitrogens with two attached hydrogens (primary N) is 3. The summed E-state index contributed by atoms with van der Waals surface area (Å²) in [5, 5.41) is 32.5. The van der Waals surface area contributed by atoms with E-state index in [1.54, 1.807) is 93.6 Å². The maximum absolute atomic E-state index is 12.6. The molecule has 0 aliphatic heterocycles. The number of hydrogen-bond acceptors (Lipinski definition) is 15. The summed E-state index contributed by atoms with van der Waals surface area (Å²) in [6.45, 7) is 5.21. The summed E-state index contributed by atoms with van der Waals surface area (Å²) >= 11 is 0. The van der Waals surface area contributed by atoms with Gasteiger partial charge in [-0.2, -0.15) is 15.0 Å². The number of benzene rings is 3. The van der Waals surface area contributed by atoms with Crippen LogP contribution in [0.25, 0.3) is 0 Å². The lowest BCUT2D eigenvalue weighted by Crippen LogP contribution is -2.44. The maximum Gasteiger partial charge on any atom is 0.249 e. The van der Waals surface area contributed by atoms with Crippen molar-refractivity contribution in [2.24, 2.45) is 15.4 Å². The van der Waals surface area contributed by atoms with Gasteiger partial charge in [0.25, 0.3) is 0 Å². The van der Waals surface area contributed by atoms with E-state index in [-0.39, 0.29) is 0 Å². The molecule has 0 aliphatic rings. The second-order valence-electron chi connectivity index (χ2n) is 10.5. The van der Waals surface area contributed by atoms with E-state index in [1.165, 1.54) is 0 Å². The molecule has 0 saturated carbocycles. The molecule has 0 saturated heterocycles. The van der Waals surface area contributed by atoms with Crippen LogP contribution in [0.4, 0.5) is 34.9 Å². The molecule has 4 rings (SSSR count). The molecular formula is C27H36N12O6S3. The highest BCUT2D eigenvalue weighted by Crippen LogP contribution is 2.21. The minimum Gasteiger partial charge on any atom is -0.351 e. The van der Waals surface area contributed by atoms with Crippen LogP contribution in [0.2, 0.25) is 0 Å². The summed E-state index contributed by atoms with van der Waals surface area (Å²) in [5.41, 5.74) is -1.89. The van der Waals surface area contributed by atoms with Crippen LogP contribution >= 0.6 is 0 Å². The van der Waals surface area contributed by atoms with Gasteiger partial charge in [0, 0.05) is 17.1 Å². The number of hydrogen-bond donors (Lipinski definition) is 9. The number of anilines is 6. The maximum atomic E-state index is 12.6. The molecule has 0 aliphatic carbocycles. The predicted octanol–water partition coefficient (Wildman–Crippen LogP) is 1.09. The number of primary sulfonamides is 3. The Labute approximate surface area is 278 Å². The minimum atomic E-state index is -4.41. The summed E-state index contributed by atoms with van der Waals surface area (Å²) < 4.78 is 75.9. The van der Waals surface area contributed by atoms with E-state index in [0.29, 0.717) is 33.8 Å². The largest absolute Gasteiger partial charge is 0.351 e. The van der Waals surface area contributed by atoms with E-state index < -0.39 is 64.4 Å². The third-order valence-corrected chi connectivity index (χ3v) is 9.37. The molecular weight excluding hydrogens is 685 g/mol. The second kappa shape index (κ2) is 14.5. The lowest BCUT2D eigenvalue weighted by atomic mass is 10.2. The normalized spacial score (nSPS) is 13.9. The zero-order valence-electron chi connectivity index (χ0n) is 25.9. The number of aryl methyl sites for hydroxylation is 3. The molecule has 0 fully saturated rings. The summed E-state index contributed by atoms with van der Waals surface area (Å²) in [5.74, 6) is -1.41. The van der Waals surface area contributed by atoms with Crippen LogP contribution in [0.15, 0.2) is 72.8 Å². The van der Waals surface area contributed by atoms with Gasteiger partial charge >= 0.3 is 0 Å². The number of nitrogens with one attached hydrogen (secondary N) is 6. The fourth-order valence-electron chi connectivity index (χ4n) is 4.15. The second-order valence-corrected chi connectivity index (χ2v) is 15.5. The topological polar surface area (TPSA) is 291 Å². The molecule has 3 atom stereocenters. The Bertz CT molecular complexity index is 1850. The lowest BCUT2D eigenvalue weighted by Gasteiger charge is -2.24. The van der Waals surface area contributed by atoms with E-state index in [2.05, 4.69) is 46.9 Å². The number of sulfonamides is 3. The summed E-state index contributed by atoms with van der Waals surface area (Å²) in [6.07, 6.45) is 0. The van der Waals surface area contributed by atoms with Crippen LogP contribution in [0, 0.1) is 20.8 Å². The van der Waals surface area contributed by atoms with Crippen LogP contribution in [-0.2, 0) is 30.1 Å². The summed E-state index contributed by atoms with van der Waals surface area (Å²) in [4.78, 5) is 12.4. The van der Waals surface area contributed by atoms with Crippen molar-refractivity contribution < 1.29 is 25.3 Å². The molecule has 1 aromatic heterocycles. The van der Waals surface area contributed by atoms with E-state index in [0.717, 1.165) is 0 Å². The van der Waals surface area contributed by atoms with Crippen molar-refractivity contribution in [3.8, 4) is 0 Å². The molecule has 0 amide bonds. The van der Waals surface area contributed by atoms with E-state index >= 15 is 0 Å². The van der Waals surface area contributed by atoms with Crippen LogP contribution in [0.3, 0.4) is 0 Å². The Balaban J connectivity index is 1.77. The smallest absolute Gasteiger partial charge is 0.249 e. The molecule has 18 nitrogen and oxygen atoms in total. The molecule has 3 unspecified atom stereocenters. The zero-order chi connectivity index (χ0) is 35.3. The quantitative estimate of drug-likeness (QED) is 0.0777. The third kappa shape index (κ3) is 9.85. The molecule has 0 bridgehead atoms. The molecule has 1 heterocycles. The average molecular weight is 721 g/mol. The van der Waals surface area contributed by atoms with Crippen LogP contribution in [0.5, 0.6) is 0 Å². The molecule has 0 spiro atoms. The van der Waals surface area contributed by atoms with Crippen LogP contribution < -0.4 is 47.3 Å². The number of nitrogens with zero attached hydrogens (tertiary/aromatic N) is 3. The van der Waals surface area contributed by atoms with Gasteiger partial charge in [0.05, 0.1) is 0 Å². The monoisotopic (exact) mass is 720 g/mol. The summed E-state index contributed by atoms with van der Waals surface area (Å²) in [7, 11) is -13.2. The van der Waals surface area contributed by atoms with Crippen molar-refractivity contribution in [2.45, 2.75) is 37.3 Å². The van der Waals surface area contributed by atoms with Gasteiger partial charge in [0.15, 0.2) is 0 Å². The van der Waals surface area contributed by atoms with Gasteiger partial charge in [0.1, 0.15) is 0 Å². The van der Waals surface area contributed by atoms with Gasteiger partial charge in [-0.3, -0.25) is 0 Å². The fraction of sp³-hybridized carbons (Fsp3) is 0.222. The SMILES string of the molecule is Cc1ccccc1NC(Nc1nc(NC(Nc2ccccc2C)S(N)(=O)=O)nc(NC(Nc2ccccc2C)S(N)(=O)=O)n1)S(N)(=O)=O. The van der Waals surface area contributed by atoms with Crippen molar-refractivity contribution in [3.05, 3.63) is 89.5 Å². The van der Waals surface area contributed by atoms with E-state index in [4.69, 9.17) is 15.4 Å². The Hall–Kier alpha value is -4.80. The van der Waals surface area contributed by atoms with Gasteiger partial charge < -0.3 is 31.9 Å². The lowest BCUT2D eigenvalue weighted by molar-refractivity contribution is 0.589. The number of para-hydroxylation sites is 3.